The molecule has 3 heteroatoms. The van der Waals surface area contributed by atoms with Gasteiger partial charge in [0, 0.05) is 26.2 Å². The standard InChI is InChI=1S/C16H32N2O/c1-3-5-7-9-12-17-14-11-15-18(16(17)19)13-10-8-6-4-2/h3-15H2,1-2H3. The molecule has 0 radical (unpaired) electrons. The van der Waals surface area contributed by atoms with Gasteiger partial charge in [0.1, 0.15) is 0 Å². The van der Waals surface area contributed by atoms with E-state index in [-0.39, 0.29) is 0 Å². The lowest BCUT2D eigenvalue weighted by atomic mass is 10.1. The number of carbonyl (C=O) groups is 1. The van der Waals surface area contributed by atoms with Crippen molar-refractivity contribution in [1.82, 2.24) is 9.80 Å². The zero-order chi connectivity index (χ0) is 13.9. The Morgan fingerprint density at radius 1 is 0.789 bits per heavy atom. The van der Waals surface area contributed by atoms with Crippen molar-refractivity contribution in [3.63, 3.8) is 0 Å². The Labute approximate surface area is 119 Å². The van der Waals surface area contributed by atoms with Crippen LogP contribution in [0.25, 0.3) is 0 Å². The minimum Gasteiger partial charge on any atom is -0.325 e. The van der Waals surface area contributed by atoms with Crippen LogP contribution in [0.2, 0.25) is 0 Å². The number of carbonyl (C=O) groups excluding carboxylic acids is 1. The lowest BCUT2D eigenvalue weighted by Gasteiger charge is -2.35. The first kappa shape index (κ1) is 16.3. The Kier molecular flexibility index (Phi) is 8.68. The van der Waals surface area contributed by atoms with Gasteiger partial charge in [-0.25, -0.2) is 4.79 Å². The summed E-state index contributed by atoms with van der Waals surface area (Å²) in [5, 5.41) is 0. The van der Waals surface area contributed by atoms with Gasteiger partial charge in [0.2, 0.25) is 0 Å². The largest absolute Gasteiger partial charge is 0.325 e. The van der Waals surface area contributed by atoms with Crippen LogP contribution in [0, 0.1) is 0 Å². The van der Waals surface area contributed by atoms with Crippen LogP contribution in [-0.4, -0.2) is 42.0 Å². The van der Waals surface area contributed by atoms with E-state index in [0.29, 0.717) is 6.03 Å². The Morgan fingerprint density at radius 2 is 1.26 bits per heavy atom. The summed E-state index contributed by atoms with van der Waals surface area (Å²) < 4.78 is 0. The summed E-state index contributed by atoms with van der Waals surface area (Å²) in [6.07, 6.45) is 11.1. The smallest absolute Gasteiger partial charge is 0.319 e. The van der Waals surface area contributed by atoms with E-state index in [0.717, 1.165) is 32.6 Å². The van der Waals surface area contributed by atoms with E-state index in [1.807, 2.05) is 0 Å². The topological polar surface area (TPSA) is 23.6 Å². The summed E-state index contributed by atoms with van der Waals surface area (Å²) >= 11 is 0. The maximum absolute atomic E-state index is 12.3. The second kappa shape index (κ2) is 10.1. The van der Waals surface area contributed by atoms with Crippen molar-refractivity contribution in [3.05, 3.63) is 0 Å². The predicted octanol–water partition coefficient (Wildman–Crippen LogP) is 4.27. The van der Waals surface area contributed by atoms with E-state index in [1.54, 1.807) is 0 Å². The molecule has 0 N–H and O–H groups in total. The van der Waals surface area contributed by atoms with E-state index < -0.39 is 0 Å². The SMILES string of the molecule is CCCCCCN1CCCN(CCCCCC)C1=O. The summed E-state index contributed by atoms with van der Waals surface area (Å²) in [7, 11) is 0. The van der Waals surface area contributed by atoms with E-state index in [4.69, 9.17) is 0 Å². The molecule has 0 unspecified atom stereocenters. The molecule has 0 spiro atoms. The number of rotatable bonds is 10. The molecule has 0 bridgehead atoms. The first-order valence-corrected chi connectivity index (χ1v) is 8.33. The molecule has 0 saturated carbocycles. The quantitative estimate of drug-likeness (QED) is 0.543. The van der Waals surface area contributed by atoms with E-state index >= 15 is 0 Å². The fourth-order valence-corrected chi connectivity index (χ4v) is 2.72. The van der Waals surface area contributed by atoms with Crippen LogP contribution in [0.15, 0.2) is 0 Å². The Balaban J connectivity index is 2.21. The summed E-state index contributed by atoms with van der Waals surface area (Å²) in [5.74, 6) is 0. The van der Waals surface area contributed by atoms with Gasteiger partial charge >= 0.3 is 6.03 Å². The highest BCUT2D eigenvalue weighted by Crippen LogP contribution is 2.12. The molecule has 0 aromatic heterocycles. The third kappa shape index (κ3) is 6.31. The van der Waals surface area contributed by atoms with Crippen LogP contribution < -0.4 is 0 Å². The Hall–Kier alpha value is -0.730. The minimum absolute atomic E-state index is 0.291. The number of amides is 2. The van der Waals surface area contributed by atoms with Gasteiger partial charge in [-0.05, 0) is 19.3 Å². The van der Waals surface area contributed by atoms with Gasteiger partial charge in [-0.2, -0.15) is 0 Å². The zero-order valence-corrected chi connectivity index (χ0v) is 13.0. The monoisotopic (exact) mass is 268 g/mol. The maximum Gasteiger partial charge on any atom is 0.319 e. The van der Waals surface area contributed by atoms with Gasteiger partial charge in [0.25, 0.3) is 0 Å². The van der Waals surface area contributed by atoms with Crippen molar-refractivity contribution >= 4 is 6.03 Å². The van der Waals surface area contributed by atoms with Gasteiger partial charge in [-0.3, -0.25) is 0 Å². The molecule has 2 amide bonds. The molecular formula is C16H32N2O. The van der Waals surface area contributed by atoms with Crippen LogP contribution >= 0.6 is 0 Å². The van der Waals surface area contributed by atoms with Gasteiger partial charge < -0.3 is 9.80 Å². The predicted molar refractivity (Wildman–Crippen MR) is 81.4 cm³/mol. The summed E-state index contributed by atoms with van der Waals surface area (Å²) in [4.78, 5) is 16.4. The van der Waals surface area contributed by atoms with Crippen molar-refractivity contribution in [2.45, 2.75) is 71.6 Å². The fourth-order valence-electron chi connectivity index (χ4n) is 2.72. The van der Waals surface area contributed by atoms with Crippen molar-refractivity contribution in [1.29, 1.82) is 0 Å². The molecule has 0 aliphatic carbocycles. The van der Waals surface area contributed by atoms with Gasteiger partial charge in [-0.15, -0.1) is 0 Å². The molecule has 0 atom stereocenters. The number of hydrogen-bond donors (Lipinski definition) is 0. The number of nitrogens with zero attached hydrogens (tertiary/aromatic N) is 2. The highest BCUT2D eigenvalue weighted by Gasteiger charge is 2.24. The minimum atomic E-state index is 0.291. The highest BCUT2D eigenvalue weighted by molar-refractivity contribution is 5.75. The van der Waals surface area contributed by atoms with Crippen LogP contribution in [0.4, 0.5) is 4.79 Å². The van der Waals surface area contributed by atoms with Crippen molar-refractivity contribution in [3.8, 4) is 0 Å². The van der Waals surface area contributed by atoms with Crippen molar-refractivity contribution < 1.29 is 4.79 Å². The molecule has 0 aromatic rings. The zero-order valence-electron chi connectivity index (χ0n) is 13.0. The molecule has 19 heavy (non-hydrogen) atoms. The van der Waals surface area contributed by atoms with Gasteiger partial charge in [0.05, 0.1) is 0 Å². The average molecular weight is 268 g/mol. The van der Waals surface area contributed by atoms with Crippen LogP contribution in [0.3, 0.4) is 0 Å². The molecule has 1 heterocycles. The van der Waals surface area contributed by atoms with E-state index in [9.17, 15) is 4.79 Å². The fraction of sp³-hybridized carbons (Fsp3) is 0.938. The summed E-state index contributed by atoms with van der Waals surface area (Å²) in [5.41, 5.74) is 0. The second-order valence-corrected chi connectivity index (χ2v) is 5.73. The maximum atomic E-state index is 12.3. The molecule has 1 saturated heterocycles. The first-order chi connectivity index (χ1) is 9.29. The molecule has 0 aromatic carbocycles. The molecule has 112 valence electrons. The molecular weight excluding hydrogens is 236 g/mol. The van der Waals surface area contributed by atoms with Crippen LogP contribution in [0.1, 0.15) is 71.6 Å². The summed E-state index contributed by atoms with van der Waals surface area (Å²) in [6, 6.07) is 0.291. The number of unbranched alkanes of at least 4 members (excludes halogenated alkanes) is 6. The molecule has 1 aliphatic rings. The van der Waals surface area contributed by atoms with Crippen molar-refractivity contribution in [2.75, 3.05) is 26.2 Å². The Bertz CT molecular complexity index is 221. The number of urea groups is 1. The van der Waals surface area contributed by atoms with Crippen molar-refractivity contribution in [2.24, 2.45) is 0 Å². The number of hydrogen-bond acceptors (Lipinski definition) is 1. The van der Waals surface area contributed by atoms with E-state index in [2.05, 4.69) is 23.6 Å². The van der Waals surface area contributed by atoms with Gasteiger partial charge in [-0.1, -0.05) is 52.4 Å². The van der Waals surface area contributed by atoms with Crippen LogP contribution in [0.5, 0.6) is 0 Å². The Morgan fingerprint density at radius 3 is 1.68 bits per heavy atom. The molecule has 1 fully saturated rings. The van der Waals surface area contributed by atoms with Gasteiger partial charge in [0.15, 0.2) is 0 Å². The molecule has 1 rings (SSSR count). The second-order valence-electron chi connectivity index (χ2n) is 5.73. The highest BCUT2D eigenvalue weighted by atomic mass is 16.2. The lowest BCUT2D eigenvalue weighted by Crippen LogP contribution is -2.49. The van der Waals surface area contributed by atoms with Crippen LogP contribution in [-0.2, 0) is 0 Å². The first-order valence-electron chi connectivity index (χ1n) is 8.33. The average Bonchev–Trinajstić information content (AvgIpc) is 2.43. The molecule has 1 aliphatic heterocycles. The molecule has 3 nitrogen and oxygen atoms in total. The summed E-state index contributed by atoms with van der Waals surface area (Å²) in [6.45, 7) is 8.32. The van der Waals surface area contributed by atoms with E-state index in [1.165, 1.54) is 51.4 Å². The lowest BCUT2D eigenvalue weighted by molar-refractivity contribution is 0.127. The third-order valence-corrected chi connectivity index (χ3v) is 3.96. The normalized spacial score (nSPS) is 16.2. The third-order valence-electron chi connectivity index (χ3n) is 3.96.